The lowest BCUT2D eigenvalue weighted by Crippen LogP contribution is -2.27. The topological polar surface area (TPSA) is 145 Å². The molecule has 1 heterocycles. The maximum atomic E-state index is 13.4. The second-order valence-electron chi connectivity index (χ2n) is 11.5. The fourth-order valence-electron chi connectivity index (χ4n) is 4.00. The van der Waals surface area contributed by atoms with E-state index >= 15 is 0 Å². The molecule has 0 bridgehead atoms. The monoisotopic (exact) mass is 557 g/mol. The molecule has 4 aromatic rings. The van der Waals surface area contributed by atoms with Crippen LogP contribution < -0.4 is 10.6 Å². The van der Waals surface area contributed by atoms with Crippen molar-refractivity contribution >= 4 is 45.9 Å². The van der Waals surface area contributed by atoms with Crippen LogP contribution in [-0.4, -0.2) is 38.2 Å². The summed E-state index contributed by atoms with van der Waals surface area (Å²) in [6.45, 7) is 11.4. The summed E-state index contributed by atoms with van der Waals surface area (Å²) in [6, 6.07) is 15.5. The molecule has 4 rings (SSSR count). The Bertz CT molecular complexity index is 1660. The van der Waals surface area contributed by atoms with Gasteiger partial charge in [-0.3, -0.25) is 19.7 Å². The molecule has 0 saturated heterocycles. The highest BCUT2D eigenvalue weighted by Crippen LogP contribution is 2.27. The molecule has 0 aliphatic heterocycles. The van der Waals surface area contributed by atoms with Crippen molar-refractivity contribution in [2.24, 2.45) is 0 Å². The summed E-state index contributed by atoms with van der Waals surface area (Å²) in [5, 5.41) is 21.6. The highest BCUT2D eigenvalue weighted by molar-refractivity contribution is 6.13. The summed E-state index contributed by atoms with van der Waals surface area (Å²) >= 11 is 0. The normalized spacial score (nSPS) is 11.7. The summed E-state index contributed by atoms with van der Waals surface area (Å²) in [5.41, 5.74) is 0.944. The molecule has 0 atom stereocenters. The van der Waals surface area contributed by atoms with Crippen LogP contribution in [0.2, 0.25) is 0 Å². The molecule has 0 unspecified atom stereocenters. The molecule has 0 fully saturated rings. The van der Waals surface area contributed by atoms with Gasteiger partial charge in [0.05, 0.1) is 27.9 Å². The molecule has 0 saturated carbocycles. The summed E-state index contributed by atoms with van der Waals surface area (Å²) in [4.78, 5) is 49.8. The number of hydrogen-bond acceptors (Lipinski definition) is 7. The van der Waals surface area contributed by atoms with Crippen LogP contribution in [0.15, 0.2) is 66.9 Å². The SMILES string of the molecule is CC(C)(C)OC(=O)n1ncc2ccc(NC(=O)c3cc([N+](=O)[O-])ccc3NC(=O)c3ccc(C(C)(C)C)cc3)cc21. The van der Waals surface area contributed by atoms with Crippen LogP contribution in [0.3, 0.4) is 0 Å². The molecule has 3 aromatic carbocycles. The molecule has 2 amide bonds. The minimum atomic E-state index is -0.737. The molecule has 41 heavy (non-hydrogen) atoms. The smallest absolute Gasteiger partial charge is 0.435 e. The lowest BCUT2D eigenvalue weighted by atomic mass is 9.86. The zero-order valence-corrected chi connectivity index (χ0v) is 23.6. The van der Waals surface area contributed by atoms with E-state index in [2.05, 4.69) is 36.5 Å². The van der Waals surface area contributed by atoms with Crippen molar-refractivity contribution in [1.82, 2.24) is 9.78 Å². The van der Waals surface area contributed by atoms with Crippen LogP contribution in [0.5, 0.6) is 0 Å². The third kappa shape index (κ3) is 6.75. The number of hydrogen-bond donors (Lipinski definition) is 2. The number of fused-ring (bicyclic) bond motifs is 1. The fraction of sp³-hybridized carbons (Fsp3) is 0.267. The molecule has 212 valence electrons. The van der Waals surface area contributed by atoms with Gasteiger partial charge in [-0.2, -0.15) is 9.78 Å². The Morgan fingerprint density at radius 3 is 2.17 bits per heavy atom. The number of non-ortho nitro benzene ring substituents is 1. The van der Waals surface area contributed by atoms with E-state index < -0.39 is 28.4 Å². The maximum Gasteiger partial charge on any atom is 0.435 e. The summed E-state index contributed by atoms with van der Waals surface area (Å²) in [5.74, 6) is -1.18. The summed E-state index contributed by atoms with van der Waals surface area (Å²) in [7, 11) is 0. The van der Waals surface area contributed by atoms with Crippen molar-refractivity contribution in [1.29, 1.82) is 0 Å². The lowest BCUT2D eigenvalue weighted by Gasteiger charge is -2.19. The third-order valence-electron chi connectivity index (χ3n) is 6.12. The first-order chi connectivity index (χ1) is 19.1. The van der Waals surface area contributed by atoms with E-state index in [0.29, 0.717) is 22.2 Å². The third-order valence-corrected chi connectivity index (χ3v) is 6.12. The molecule has 0 spiro atoms. The van der Waals surface area contributed by atoms with Crippen LogP contribution in [0.25, 0.3) is 10.9 Å². The molecule has 1 aromatic heterocycles. The van der Waals surface area contributed by atoms with Gasteiger partial charge in [-0.25, -0.2) is 4.79 Å². The Balaban J connectivity index is 1.62. The molecular weight excluding hydrogens is 526 g/mol. The molecule has 0 radical (unpaired) electrons. The van der Waals surface area contributed by atoms with Gasteiger partial charge < -0.3 is 15.4 Å². The van der Waals surface area contributed by atoms with Crippen molar-refractivity contribution in [2.75, 3.05) is 10.6 Å². The summed E-state index contributed by atoms with van der Waals surface area (Å²) in [6.07, 6.45) is 0.808. The highest BCUT2D eigenvalue weighted by atomic mass is 16.6. The van der Waals surface area contributed by atoms with E-state index in [9.17, 15) is 24.5 Å². The second kappa shape index (κ2) is 10.8. The van der Waals surface area contributed by atoms with Gasteiger partial charge in [0.2, 0.25) is 0 Å². The largest absolute Gasteiger partial charge is 0.442 e. The fourth-order valence-corrected chi connectivity index (χ4v) is 4.00. The average Bonchev–Trinajstić information content (AvgIpc) is 3.31. The number of carbonyl (C=O) groups is 3. The molecule has 0 aliphatic carbocycles. The first kappa shape index (κ1) is 28.9. The van der Waals surface area contributed by atoms with Crippen molar-refractivity contribution in [3.05, 3.63) is 93.7 Å². The number of benzene rings is 3. The number of nitro groups is 1. The summed E-state index contributed by atoms with van der Waals surface area (Å²) < 4.78 is 6.48. The number of anilines is 2. The van der Waals surface area contributed by atoms with Gasteiger partial charge >= 0.3 is 6.09 Å². The first-order valence-corrected chi connectivity index (χ1v) is 12.9. The number of nitro benzene ring substituents is 1. The van der Waals surface area contributed by atoms with Gasteiger partial charge in [-0.05, 0) is 68.1 Å². The van der Waals surface area contributed by atoms with Crippen molar-refractivity contribution in [3.8, 4) is 0 Å². The van der Waals surface area contributed by atoms with Gasteiger partial charge in [0.25, 0.3) is 17.5 Å². The van der Waals surface area contributed by atoms with E-state index in [-0.39, 0.29) is 22.4 Å². The Morgan fingerprint density at radius 1 is 0.878 bits per heavy atom. The Hall–Kier alpha value is -5.06. The number of nitrogens with one attached hydrogen (secondary N) is 2. The Kier molecular flexibility index (Phi) is 7.65. The minimum Gasteiger partial charge on any atom is -0.442 e. The van der Waals surface area contributed by atoms with Gasteiger partial charge in [-0.15, -0.1) is 0 Å². The number of ether oxygens (including phenoxy) is 1. The number of aromatic nitrogens is 2. The van der Waals surface area contributed by atoms with Gasteiger partial charge in [0.15, 0.2) is 0 Å². The van der Waals surface area contributed by atoms with Crippen LogP contribution in [-0.2, 0) is 10.2 Å². The van der Waals surface area contributed by atoms with Crippen molar-refractivity contribution < 1.29 is 24.0 Å². The Labute approximate surface area is 236 Å². The van der Waals surface area contributed by atoms with Crippen molar-refractivity contribution in [3.63, 3.8) is 0 Å². The van der Waals surface area contributed by atoms with Crippen molar-refractivity contribution in [2.45, 2.75) is 52.6 Å². The minimum absolute atomic E-state index is 0.0910. The number of amides is 2. The molecule has 11 heteroatoms. The van der Waals surface area contributed by atoms with Crippen LogP contribution >= 0.6 is 0 Å². The highest BCUT2D eigenvalue weighted by Gasteiger charge is 2.22. The second-order valence-corrected chi connectivity index (χ2v) is 11.5. The molecule has 0 aliphatic rings. The predicted octanol–water partition coefficient (Wildman–Crippen LogP) is 6.53. The quantitative estimate of drug-likeness (QED) is 0.209. The van der Waals surface area contributed by atoms with Crippen LogP contribution in [0, 0.1) is 10.1 Å². The van der Waals surface area contributed by atoms with Gasteiger partial charge in [0, 0.05) is 28.8 Å². The van der Waals surface area contributed by atoms with Gasteiger partial charge in [-0.1, -0.05) is 32.9 Å². The number of carbonyl (C=O) groups excluding carboxylic acids is 3. The van der Waals surface area contributed by atoms with E-state index in [0.717, 1.165) is 16.3 Å². The van der Waals surface area contributed by atoms with E-state index in [4.69, 9.17) is 4.74 Å². The molecule has 2 N–H and O–H groups in total. The number of rotatable bonds is 5. The zero-order chi connectivity index (χ0) is 30.1. The standard InChI is InChI=1S/C30H31N5O6/c1-29(2,3)20-10-7-18(8-11-20)26(36)33-24-14-13-22(35(39)40)16-23(24)27(37)32-21-12-9-19-17-31-34(25(19)15-21)28(38)41-30(4,5)6/h7-17H,1-6H3,(H,32,37)(H,33,36). The number of nitrogens with zero attached hydrogens (tertiary/aromatic N) is 3. The lowest BCUT2D eigenvalue weighted by molar-refractivity contribution is -0.384. The molecule has 11 nitrogen and oxygen atoms in total. The van der Waals surface area contributed by atoms with Crippen LogP contribution in [0.1, 0.15) is 67.8 Å². The van der Waals surface area contributed by atoms with E-state index in [1.54, 1.807) is 45.0 Å². The average molecular weight is 558 g/mol. The predicted molar refractivity (Wildman–Crippen MR) is 156 cm³/mol. The maximum absolute atomic E-state index is 13.4. The zero-order valence-electron chi connectivity index (χ0n) is 23.6. The van der Waals surface area contributed by atoms with Gasteiger partial charge in [0.1, 0.15) is 5.60 Å². The van der Waals surface area contributed by atoms with E-state index in [1.807, 2.05) is 12.1 Å². The molecular formula is C30H31N5O6. The van der Waals surface area contributed by atoms with E-state index in [1.165, 1.54) is 24.4 Å². The van der Waals surface area contributed by atoms with Crippen LogP contribution in [0.4, 0.5) is 21.9 Å². The first-order valence-electron chi connectivity index (χ1n) is 12.9. The Morgan fingerprint density at radius 2 is 1.56 bits per heavy atom.